The number of rotatable bonds is 3. The van der Waals surface area contributed by atoms with Crippen molar-refractivity contribution >= 4 is 23.5 Å². The van der Waals surface area contributed by atoms with Gasteiger partial charge in [-0.3, -0.25) is 14.9 Å². The highest BCUT2D eigenvalue weighted by Crippen LogP contribution is 2.20. The van der Waals surface area contributed by atoms with Crippen LogP contribution in [0.2, 0.25) is 0 Å². The maximum absolute atomic E-state index is 12.3. The van der Waals surface area contributed by atoms with E-state index in [0.29, 0.717) is 16.8 Å². The Morgan fingerprint density at radius 2 is 1.71 bits per heavy atom. The summed E-state index contributed by atoms with van der Waals surface area (Å²) >= 11 is 0. The second-order valence-corrected chi connectivity index (χ2v) is 5.77. The molecule has 6 nitrogen and oxygen atoms in total. The molecule has 4 amide bonds. The van der Waals surface area contributed by atoms with Gasteiger partial charge >= 0.3 is 6.03 Å². The minimum absolute atomic E-state index is 0.197. The molecule has 24 heavy (non-hydrogen) atoms. The third kappa shape index (κ3) is 3.12. The molecule has 0 bridgehead atoms. The van der Waals surface area contributed by atoms with Crippen LogP contribution in [0.15, 0.2) is 42.5 Å². The van der Waals surface area contributed by atoms with E-state index in [2.05, 4.69) is 16.0 Å². The number of hydrogen-bond acceptors (Lipinski definition) is 3. The molecule has 1 atom stereocenters. The van der Waals surface area contributed by atoms with Gasteiger partial charge in [-0.15, -0.1) is 0 Å². The summed E-state index contributed by atoms with van der Waals surface area (Å²) < 4.78 is 0. The van der Waals surface area contributed by atoms with E-state index in [9.17, 15) is 14.4 Å². The average molecular weight is 323 g/mol. The van der Waals surface area contributed by atoms with Crippen molar-refractivity contribution in [3.63, 3.8) is 0 Å². The van der Waals surface area contributed by atoms with Crippen molar-refractivity contribution in [2.75, 3.05) is 5.32 Å². The largest absolute Gasteiger partial charge is 0.322 e. The first-order valence-corrected chi connectivity index (χ1v) is 7.54. The Balaban J connectivity index is 1.72. The number of nitrogens with one attached hydrogen (secondary N) is 3. The van der Waals surface area contributed by atoms with E-state index >= 15 is 0 Å². The second kappa shape index (κ2) is 6.16. The molecule has 0 radical (unpaired) electrons. The Hall–Kier alpha value is -3.15. The topological polar surface area (TPSA) is 87.3 Å². The van der Waals surface area contributed by atoms with E-state index in [4.69, 9.17) is 0 Å². The maximum atomic E-state index is 12.3. The summed E-state index contributed by atoms with van der Waals surface area (Å²) in [5.41, 5.74) is 4.05. The van der Waals surface area contributed by atoms with E-state index in [-0.39, 0.29) is 11.8 Å². The molecule has 122 valence electrons. The summed E-state index contributed by atoms with van der Waals surface area (Å²) in [6.45, 7) is 3.95. The van der Waals surface area contributed by atoms with Gasteiger partial charge < -0.3 is 10.6 Å². The first kappa shape index (κ1) is 15.7. The van der Waals surface area contributed by atoms with E-state index in [1.807, 2.05) is 26.0 Å². The molecule has 1 aliphatic heterocycles. The molecule has 0 aromatic heterocycles. The van der Waals surface area contributed by atoms with Gasteiger partial charge in [0.2, 0.25) is 0 Å². The number of hydrogen-bond donors (Lipinski definition) is 3. The Morgan fingerprint density at radius 3 is 2.29 bits per heavy atom. The minimum atomic E-state index is -0.693. The third-order valence-electron chi connectivity index (χ3n) is 4.05. The SMILES string of the molecule is Cc1ccc(C(=O)Nc2ccc(C3NC(=O)NC3=O)cc2)cc1C. The van der Waals surface area contributed by atoms with Crippen LogP contribution in [0.3, 0.4) is 0 Å². The fourth-order valence-corrected chi connectivity index (χ4v) is 2.50. The number of aryl methyl sites for hydroxylation is 2. The predicted molar refractivity (Wildman–Crippen MR) is 89.7 cm³/mol. The number of amides is 4. The number of carbonyl (C=O) groups excluding carboxylic acids is 3. The van der Waals surface area contributed by atoms with Crippen LogP contribution in [0.25, 0.3) is 0 Å². The minimum Gasteiger partial charge on any atom is -0.322 e. The number of urea groups is 1. The number of carbonyl (C=O) groups is 3. The van der Waals surface area contributed by atoms with Crippen LogP contribution in [-0.2, 0) is 4.79 Å². The van der Waals surface area contributed by atoms with Gasteiger partial charge in [0.15, 0.2) is 0 Å². The summed E-state index contributed by atoms with van der Waals surface area (Å²) in [6.07, 6.45) is 0. The zero-order chi connectivity index (χ0) is 17.3. The van der Waals surface area contributed by atoms with Crippen molar-refractivity contribution in [2.45, 2.75) is 19.9 Å². The smallest absolute Gasteiger partial charge is 0.322 e. The maximum Gasteiger partial charge on any atom is 0.322 e. The van der Waals surface area contributed by atoms with Crippen LogP contribution in [0.5, 0.6) is 0 Å². The molecule has 0 aliphatic carbocycles. The Bertz CT molecular complexity index is 828. The number of anilines is 1. The second-order valence-electron chi connectivity index (χ2n) is 5.77. The highest BCUT2D eigenvalue weighted by atomic mass is 16.2. The van der Waals surface area contributed by atoms with Gasteiger partial charge in [0.25, 0.3) is 11.8 Å². The monoisotopic (exact) mass is 323 g/mol. The molecular weight excluding hydrogens is 306 g/mol. The fourth-order valence-electron chi connectivity index (χ4n) is 2.50. The summed E-state index contributed by atoms with van der Waals surface area (Å²) in [6, 6.07) is 11.1. The zero-order valence-electron chi connectivity index (χ0n) is 13.3. The van der Waals surface area contributed by atoms with Gasteiger partial charge in [-0.1, -0.05) is 18.2 Å². The van der Waals surface area contributed by atoms with Crippen molar-refractivity contribution < 1.29 is 14.4 Å². The normalized spacial score (nSPS) is 16.5. The molecule has 1 unspecified atom stereocenters. The summed E-state index contributed by atoms with van der Waals surface area (Å²) in [4.78, 5) is 35.1. The molecule has 2 aromatic rings. The first-order valence-electron chi connectivity index (χ1n) is 7.54. The predicted octanol–water partition coefficient (Wildman–Crippen LogP) is 2.44. The van der Waals surface area contributed by atoms with Crippen molar-refractivity contribution in [2.24, 2.45) is 0 Å². The lowest BCUT2D eigenvalue weighted by molar-refractivity contribution is -0.120. The molecule has 1 heterocycles. The molecule has 3 rings (SSSR count). The molecule has 0 saturated carbocycles. The van der Waals surface area contributed by atoms with E-state index in [1.165, 1.54) is 0 Å². The van der Waals surface area contributed by atoms with E-state index in [1.54, 1.807) is 30.3 Å². The first-order chi connectivity index (χ1) is 11.4. The lowest BCUT2D eigenvalue weighted by Crippen LogP contribution is -2.22. The van der Waals surface area contributed by atoms with Gasteiger partial charge in [0.1, 0.15) is 6.04 Å². The highest BCUT2D eigenvalue weighted by Gasteiger charge is 2.30. The van der Waals surface area contributed by atoms with Crippen LogP contribution in [-0.4, -0.2) is 17.8 Å². The van der Waals surface area contributed by atoms with Gasteiger partial charge in [0.05, 0.1) is 0 Å². The van der Waals surface area contributed by atoms with Crippen LogP contribution < -0.4 is 16.0 Å². The van der Waals surface area contributed by atoms with E-state index in [0.717, 1.165) is 11.1 Å². The molecule has 1 aliphatic rings. The van der Waals surface area contributed by atoms with Gasteiger partial charge in [-0.2, -0.15) is 0 Å². The molecule has 2 aromatic carbocycles. The Labute approximate surface area is 139 Å². The standard InChI is InChI=1S/C18H17N3O3/c1-10-3-4-13(9-11(10)2)16(22)19-14-7-5-12(6-8-14)15-17(23)21-18(24)20-15/h3-9,15H,1-2H3,(H,19,22)(H2,20,21,23,24). The van der Waals surface area contributed by atoms with Crippen molar-refractivity contribution in [3.8, 4) is 0 Å². The molecular formula is C18H17N3O3. The molecule has 0 spiro atoms. The molecule has 1 fully saturated rings. The van der Waals surface area contributed by atoms with Crippen LogP contribution in [0.1, 0.15) is 33.1 Å². The quantitative estimate of drug-likeness (QED) is 0.758. The van der Waals surface area contributed by atoms with Crippen LogP contribution in [0, 0.1) is 13.8 Å². The average Bonchev–Trinajstić information content (AvgIpc) is 2.89. The highest BCUT2D eigenvalue weighted by molar-refractivity contribution is 6.05. The van der Waals surface area contributed by atoms with E-state index < -0.39 is 12.1 Å². The number of benzene rings is 2. The lowest BCUT2D eigenvalue weighted by Gasteiger charge is -2.10. The number of imide groups is 1. The summed E-state index contributed by atoms with van der Waals surface area (Å²) in [5.74, 6) is -0.579. The third-order valence-corrected chi connectivity index (χ3v) is 4.05. The molecule has 3 N–H and O–H groups in total. The van der Waals surface area contributed by atoms with Gasteiger partial charge in [-0.25, -0.2) is 4.79 Å². The summed E-state index contributed by atoms with van der Waals surface area (Å²) in [7, 11) is 0. The summed E-state index contributed by atoms with van der Waals surface area (Å²) in [5, 5.41) is 7.53. The van der Waals surface area contributed by atoms with Gasteiger partial charge in [0, 0.05) is 11.3 Å². The van der Waals surface area contributed by atoms with Crippen molar-refractivity contribution in [1.82, 2.24) is 10.6 Å². The lowest BCUT2D eigenvalue weighted by atomic mass is 10.1. The van der Waals surface area contributed by atoms with Crippen LogP contribution in [0.4, 0.5) is 10.5 Å². The van der Waals surface area contributed by atoms with Crippen molar-refractivity contribution in [1.29, 1.82) is 0 Å². The fraction of sp³-hybridized carbons (Fsp3) is 0.167. The Kier molecular flexibility index (Phi) is 4.04. The Morgan fingerprint density at radius 1 is 1.00 bits per heavy atom. The zero-order valence-corrected chi connectivity index (χ0v) is 13.3. The van der Waals surface area contributed by atoms with Crippen LogP contribution >= 0.6 is 0 Å². The molecule has 1 saturated heterocycles. The van der Waals surface area contributed by atoms with Crippen molar-refractivity contribution in [3.05, 3.63) is 64.7 Å². The van der Waals surface area contributed by atoms with Gasteiger partial charge in [-0.05, 0) is 54.8 Å². The molecule has 6 heteroatoms.